The number of hydrogen-bond donors (Lipinski definition) is 1. The van der Waals surface area contributed by atoms with Gasteiger partial charge in [0.05, 0.1) is 11.5 Å². The van der Waals surface area contributed by atoms with Crippen LogP contribution in [-0.2, 0) is 14.3 Å². The second-order valence-corrected chi connectivity index (χ2v) is 14.0. The summed E-state index contributed by atoms with van der Waals surface area (Å²) in [4.78, 5) is 24.8. The topological polar surface area (TPSA) is 63.6 Å². The maximum Gasteiger partial charge on any atom is 0.309 e. The number of rotatable bonds is 3. The lowest BCUT2D eigenvalue weighted by molar-refractivity contribution is -0.152. The molecule has 3 fully saturated rings. The van der Waals surface area contributed by atoms with Gasteiger partial charge < -0.3 is 9.84 Å². The number of ether oxygens (including phenoxy) is 1. The van der Waals surface area contributed by atoms with Crippen molar-refractivity contribution in [2.75, 3.05) is 0 Å². The van der Waals surface area contributed by atoms with Crippen LogP contribution in [0, 0.1) is 39.4 Å². The number of cyclic esters (lactones) is 1. The van der Waals surface area contributed by atoms with Crippen LogP contribution in [-0.4, -0.2) is 28.6 Å². The Balaban J connectivity index is 1.47. The summed E-state index contributed by atoms with van der Waals surface area (Å²) in [5, 5.41) is 12.4. The van der Waals surface area contributed by atoms with Gasteiger partial charge in [0.2, 0.25) is 0 Å². The smallest absolute Gasteiger partial charge is 0.309 e. The predicted molar refractivity (Wildman–Crippen MR) is 133 cm³/mol. The van der Waals surface area contributed by atoms with E-state index in [0.29, 0.717) is 18.1 Å². The van der Waals surface area contributed by atoms with E-state index in [1.165, 1.54) is 0 Å². The first kappa shape index (κ1) is 24.5. The lowest BCUT2D eigenvalue weighted by Gasteiger charge is -2.62. The first-order chi connectivity index (χ1) is 15.7. The molecule has 1 heterocycles. The van der Waals surface area contributed by atoms with Gasteiger partial charge in [0.25, 0.3) is 0 Å². The van der Waals surface area contributed by atoms with Crippen molar-refractivity contribution in [1.82, 2.24) is 0 Å². The van der Waals surface area contributed by atoms with Crippen molar-refractivity contribution in [3.63, 3.8) is 0 Å². The first-order valence-electron chi connectivity index (χ1n) is 13.9. The first-order valence-corrected chi connectivity index (χ1v) is 13.9. The third-order valence-electron chi connectivity index (χ3n) is 12.4. The lowest BCUT2D eigenvalue weighted by Crippen LogP contribution is -2.58. The zero-order valence-corrected chi connectivity index (χ0v) is 22.6. The molecule has 0 radical (unpaired) electrons. The van der Waals surface area contributed by atoms with Gasteiger partial charge in [-0.1, -0.05) is 59.6 Å². The van der Waals surface area contributed by atoms with Crippen molar-refractivity contribution < 1.29 is 19.4 Å². The van der Waals surface area contributed by atoms with Gasteiger partial charge in [-0.3, -0.25) is 9.59 Å². The van der Waals surface area contributed by atoms with E-state index in [1.54, 1.807) is 11.1 Å². The Morgan fingerprint density at radius 1 is 0.971 bits per heavy atom. The fraction of sp³-hybridized carbons (Fsp3) is 0.867. The molecule has 0 aromatic carbocycles. The summed E-state index contributed by atoms with van der Waals surface area (Å²) < 4.78 is 5.64. The van der Waals surface area contributed by atoms with Crippen LogP contribution in [0.25, 0.3) is 0 Å². The summed E-state index contributed by atoms with van der Waals surface area (Å²) in [5.74, 6) is 0.838. The molecular weight excluding hydrogens is 424 g/mol. The van der Waals surface area contributed by atoms with Crippen LogP contribution in [0.3, 0.4) is 0 Å². The zero-order valence-electron chi connectivity index (χ0n) is 22.6. The van der Waals surface area contributed by atoms with Crippen molar-refractivity contribution in [2.45, 2.75) is 124 Å². The molecule has 2 saturated carbocycles. The number of aliphatic hydroxyl groups is 1. The second-order valence-electron chi connectivity index (χ2n) is 14.0. The van der Waals surface area contributed by atoms with Gasteiger partial charge in [0.1, 0.15) is 11.9 Å². The van der Waals surface area contributed by atoms with E-state index in [1.807, 2.05) is 6.92 Å². The highest BCUT2D eigenvalue weighted by Crippen LogP contribution is 2.73. The standard InChI is InChI=1S/C30H46O4/c1-18-16-20(34-25(18)32)17-19(2)30(33)15-14-28(6)22-8-9-23-26(3,4)24(31)11-12-27(23,5)21(22)10-13-29(28,30)7/h18-20,23,33H,8-17H2,1-7H3/t18-,19-,20+,23+,27-,28+,29+,30+/m1/s1. The molecule has 4 heteroatoms. The maximum absolute atomic E-state index is 12.8. The molecule has 1 aliphatic heterocycles. The molecule has 4 nitrogen and oxygen atoms in total. The van der Waals surface area contributed by atoms with Crippen molar-refractivity contribution in [3.05, 3.63) is 11.1 Å². The second kappa shape index (κ2) is 7.43. The maximum atomic E-state index is 12.8. The van der Waals surface area contributed by atoms with Crippen molar-refractivity contribution >= 4 is 11.8 Å². The van der Waals surface area contributed by atoms with Gasteiger partial charge in [-0.2, -0.15) is 0 Å². The molecule has 1 saturated heterocycles. The van der Waals surface area contributed by atoms with E-state index in [0.717, 1.165) is 57.8 Å². The van der Waals surface area contributed by atoms with E-state index in [4.69, 9.17) is 4.74 Å². The minimum atomic E-state index is -0.752. The van der Waals surface area contributed by atoms with E-state index in [-0.39, 0.29) is 45.6 Å². The average Bonchev–Trinajstić information content (AvgIpc) is 3.19. The van der Waals surface area contributed by atoms with Gasteiger partial charge >= 0.3 is 5.97 Å². The summed E-state index contributed by atoms with van der Waals surface area (Å²) >= 11 is 0. The highest BCUT2D eigenvalue weighted by Gasteiger charge is 2.68. The average molecular weight is 471 g/mol. The van der Waals surface area contributed by atoms with Crippen LogP contribution in [0.15, 0.2) is 11.1 Å². The summed E-state index contributed by atoms with van der Waals surface area (Å²) in [6.45, 7) is 15.7. The molecule has 0 unspecified atom stereocenters. The Hall–Kier alpha value is -1.16. The summed E-state index contributed by atoms with van der Waals surface area (Å²) in [6.07, 6.45) is 9.19. The molecule has 5 rings (SSSR count). The van der Waals surface area contributed by atoms with E-state index < -0.39 is 5.60 Å². The van der Waals surface area contributed by atoms with Crippen LogP contribution < -0.4 is 0 Å². The van der Waals surface area contributed by atoms with Crippen LogP contribution in [0.4, 0.5) is 0 Å². The third-order valence-corrected chi connectivity index (χ3v) is 12.4. The number of fused-ring (bicyclic) bond motifs is 4. The Labute approximate surface area is 206 Å². The van der Waals surface area contributed by atoms with Crippen molar-refractivity contribution in [1.29, 1.82) is 0 Å². The zero-order chi connectivity index (χ0) is 24.9. The molecule has 0 spiro atoms. The summed E-state index contributed by atoms with van der Waals surface area (Å²) in [7, 11) is 0. The fourth-order valence-corrected chi connectivity index (χ4v) is 9.89. The van der Waals surface area contributed by atoms with Crippen LogP contribution in [0.1, 0.15) is 113 Å². The van der Waals surface area contributed by atoms with Gasteiger partial charge in [-0.05, 0) is 80.5 Å². The van der Waals surface area contributed by atoms with E-state index in [2.05, 4.69) is 41.5 Å². The highest BCUT2D eigenvalue weighted by molar-refractivity contribution is 5.85. The summed E-state index contributed by atoms with van der Waals surface area (Å²) in [5.41, 5.74) is 2.18. The van der Waals surface area contributed by atoms with Gasteiger partial charge in [-0.25, -0.2) is 0 Å². The molecule has 8 atom stereocenters. The van der Waals surface area contributed by atoms with Gasteiger partial charge in [0, 0.05) is 17.3 Å². The number of allylic oxidation sites excluding steroid dienone is 2. The molecule has 0 aromatic rings. The number of ketones is 1. The van der Waals surface area contributed by atoms with E-state index >= 15 is 0 Å². The number of carbonyl (C=O) groups excluding carboxylic acids is 2. The number of esters is 1. The predicted octanol–water partition coefficient (Wildman–Crippen LogP) is 6.40. The quantitative estimate of drug-likeness (QED) is 0.383. The molecule has 34 heavy (non-hydrogen) atoms. The van der Waals surface area contributed by atoms with Crippen LogP contribution in [0.2, 0.25) is 0 Å². The highest BCUT2D eigenvalue weighted by atomic mass is 16.5. The number of carbonyl (C=O) groups is 2. The fourth-order valence-electron chi connectivity index (χ4n) is 9.89. The van der Waals surface area contributed by atoms with Gasteiger partial charge in [0.15, 0.2) is 0 Å². The monoisotopic (exact) mass is 470 g/mol. The molecule has 0 amide bonds. The molecular formula is C30H46O4. The van der Waals surface area contributed by atoms with Crippen molar-refractivity contribution in [3.8, 4) is 0 Å². The number of hydrogen-bond acceptors (Lipinski definition) is 4. The van der Waals surface area contributed by atoms with E-state index in [9.17, 15) is 14.7 Å². The Morgan fingerprint density at radius 3 is 2.32 bits per heavy atom. The normalized spacial score (nSPS) is 48.8. The van der Waals surface area contributed by atoms with Crippen LogP contribution in [0.5, 0.6) is 0 Å². The van der Waals surface area contributed by atoms with Crippen molar-refractivity contribution in [2.24, 2.45) is 39.4 Å². The minimum Gasteiger partial charge on any atom is -0.462 e. The Bertz CT molecular complexity index is 947. The molecule has 190 valence electrons. The lowest BCUT2D eigenvalue weighted by atomic mass is 9.43. The summed E-state index contributed by atoms with van der Waals surface area (Å²) in [6, 6.07) is 0. The largest absolute Gasteiger partial charge is 0.462 e. The molecule has 5 aliphatic rings. The minimum absolute atomic E-state index is 0.0111. The number of Topliss-reactive ketones (excluding diaryl/α,β-unsaturated/α-hetero) is 1. The molecule has 1 N–H and O–H groups in total. The third kappa shape index (κ3) is 2.93. The SMILES string of the molecule is C[C@@H]1C[C@@H](C[C@@H](C)[C@@]2(O)CC[C@@]3(C)C4=C(CC[C@@]32C)[C@@]2(C)CCC(=O)C(C)(C)[C@@H]2CC4)OC1=O. The molecule has 0 aromatic heterocycles. The Kier molecular flexibility index (Phi) is 5.36. The van der Waals surface area contributed by atoms with Gasteiger partial charge in [-0.15, -0.1) is 0 Å². The molecule has 0 bridgehead atoms. The Morgan fingerprint density at radius 2 is 1.68 bits per heavy atom. The molecule has 4 aliphatic carbocycles. The van der Waals surface area contributed by atoms with Crippen LogP contribution >= 0.6 is 0 Å².